The lowest BCUT2D eigenvalue weighted by atomic mass is 10.1. The van der Waals surface area contributed by atoms with Gasteiger partial charge < -0.3 is 10.0 Å². The lowest BCUT2D eigenvalue weighted by Gasteiger charge is -2.18. The summed E-state index contributed by atoms with van der Waals surface area (Å²) in [5.41, 5.74) is 2.30. The van der Waals surface area contributed by atoms with Crippen molar-refractivity contribution in [2.45, 2.75) is 13.3 Å². The van der Waals surface area contributed by atoms with Crippen molar-refractivity contribution in [1.29, 1.82) is 0 Å². The van der Waals surface area contributed by atoms with E-state index in [1.54, 1.807) is 0 Å². The second kappa shape index (κ2) is 4.59. The third-order valence-corrected chi connectivity index (χ3v) is 3.60. The molecule has 20 heavy (non-hydrogen) atoms. The predicted octanol–water partition coefficient (Wildman–Crippen LogP) is 1.98. The highest BCUT2D eigenvalue weighted by Gasteiger charge is 2.35. The van der Waals surface area contributed by atoms with E-state index in [4.69, 9.17) is 5.11 Å². The number of fused-ring (bicyclic) bond motifs is 1. The molecule has 1 aromatic carbocycles. The molecule has 1 N–H and O–H groups in total. The molecule has 2 aromatic rings. The Morgan fingerprint density at radius 2 is 2.15 bits per heavy atom. The molecule has 5 heteroatoms. The monoisotopic (exact) mass is 270 g/mol. The van der Waals surface area contributed by atoms with E-state index in [9.17, 15) is 9.59 Å². The number of pyridine rings is 1. The van der Waals surface area contributed by atoms with E-state index in [0.29, 0.717) is 5.69 Å². The number of aliphatic carboxylic acids is 1. The Labute approximate surface area is 115 Å². The molecule has 1 aromatic heterocycles. The minimum absolute atomic E-state index is 0.0531. The summed E-state index contributed by atoms with van der Waals surface area (Å²) in [7, 11) is 0. The van der Waals surface area contributed by atoms with Crippen LogP contribution in [-0.2, 0) is 9.59 Å². The number of aryl methyl sites for hydroxylation is 1. The van der Waals surface area contributed by atoms with Crippen LogP contribution in [0.4, 0.5) is 5.69 Å². The van der Waals surface area contributed by atoms with E-state index in [0.717, 1.165) is 16.6 Å². The van der Waals surface area contributed by atoms with Gasteiger partial charge in [0.05, 0.1) is 17.1 Å². The van der Waals surface area contributed by atoms with Gasteiger partial charge in [-0.15, -0.1) is 0 Å². The van der Waals surface area contributed by atoms with Gasteiger partial charge in [0.2, 0.25) is 5.91 Å². The molecule has 1 fully saturated rings. The van der Waals surface area contributed by atoms with Crippen LogP contribution in [0.5, 0.6) is 0 Å². The van der Waals surface area contributed by atoms with Crippen LogP contribution in [0.2, 0.25) is 0 Å². The molecule has 1 atom stereocenters. The minimum Gasteiger partial charge on any atom is -0.481 e. The van der Waals surface area contributed by atoms with Crippen LogP contribution >= 0.6 is 0 Å². The van der Waals surface area contributed by atoms with Crippen molar-refractivity contribution in [1.82, 2.24) is 4.98 Å². The SMILES string of the molecule is Cc1ccc2cccc(N3CC(C(=O)O)CC3=O)c2n1. The highest BCUT2D eigenvalue weighted by Crippen LogP contribution is 2.30. The molecule has 1 unspecified atom stereocenters. The summed E-state index contributed by atoms with van der Waals surface area (Å²) in [6, 6.07) is 9.47. The number of hydrogen-bond acceptors (Lipinski definition) is 3. The van der Waals surface area contributed by atoms with Crippen LogP contribution in [-0.4, -0.2) is 28.5 Å². The number of carbonyl (C=O) groups excluding carboxylic acids is 1. The molecule has 3 rings (SSSR count). The zero-order chi connectivity index (χ0) is 14.3. The summed E-state index contributed by atoms with van der Waals surface area (Å²) < 4.78 is 0. The average molecular weight is 270 g/mol. The van der Waals surface area contributed by atoms with Crippen molar-refractivity contribution >= 4 is 28.5 Å². The van der Waals surface area contributed by atoms with Crippen LogP contribution in [0.3, 0.4) is 0 Å². The Balaban J connectivity index is 2.08. The van der Waals surface area contributed by atoms with Crippen molar-refractivity contribution in [3.63, 3.8) is 0 Å². The smallest absolute Gasteiger partial charge is 0.308 e. The Morgan fingerprint density at radius 3 is 2.85 bits per heavy atom. The maximum Gasteiger partial charge on any atom is 0.308 e. The topological polar surface area (TPSA) is 70.5 Å². The van der Waals surface area contributed by atoms with Crippen LogP contribution in [0.25, 0.3) is 10.9 Å². The quantitative estimate of drug-likeness (QED) is 0.905. The Morgan fingerprint density at radius 1 is 1.35 bits per heavy atom. The number of hydrogen-bond donors (Lipinski definition) is 1. The first kappa shape index (κ1) is 12.6. The van der Waals surface area contributed by atoms with Gasteiger partial charge in [-0.05, 0) is 19.1 Å². The second-order valence-electron chi connectivity index (χ2n) is 5.05. The predicted molar refractivity (Wildman–Crippen MR) is 74.6 cm³/mol. The van der Waals surface area contributed by atoms with Crippen LogP contribution in [0.1, 0.15) is 12.1 Å². The normalized spacial score (nSPS) is 18.8. The fourth-order valence-corrected chi connectivity index (χ4v) is 2.55. The summed E-state index contributed by atoms with van der Waals surface area (Å²) >= 11 is 0. The van der Waals surface area contributed by atoms with Gasteiger partial charge in [0.25, 0.3) is 0 Å². The fourth-order valence-electron chi connectivity index (χ4n) is 2.55. The molecular weight excluding hydrogens is 256 g/mol. The minimum atomic E-state index is -0.926. The number of para-hydroxylation sites is 1. The zero-order valence-corrected chi connectivity index (χ0v) is 11.0. The molecule has 0 bridgehead atoms. The number of amides is 1. The fraction of sp³-hybridized carbons (Fsp3) is 0.267. The van der Waals surface area contributed by atoms with Crippen molar-refractivity contribution in [3.05, 3.63) is 36.0 Å². The molecule has 102 valence electrons. The van der Waals surface area contributed by atoms with Crippen molar-refractivity contribution in [3.8, 4) is 0 Å². The first-order valence-electron chi connectivity index (χ1n) is 6.46. The molecular formula is C15H14N2O3. The standard InChI is InChI=1S/C15H14N2O3/c1-9-5-6-10-3-2-4-12(14(10)16-9)17-8-11(15(19)20)7-13(17)18/h2-6,11H,7-8H2,1H3,(H,19,20). The van der Waals surface area contributed by atoms with E-state index in [1.807, 2.05) is 37.3 Å². The summed E-state index contributed by atoms with van der Waals surface area (Å²) in [6.45, 7) is 2.10. The van der Waals surface area contributed by atoms with Gasteiger partial charge in [-0.25, -0.2) is 0 Å². The lowest BCUT2D eigenvalue weighted by Crippen LogP contribution is -2.26. The zero-order valence-electron chi connectivity index (χ0n) is 11.0. The molecule has 0 aliphatic carbocycles. The third kappa shape index (κ3) is 2.01. The Bertz CT molecular complexity index is 711. The van der Waals surface area contributed by atoms with Crippen molar-refractivity contribution in [2.75, 3.05) is 11.4 Å². The number of benzene rings is 1. The number of anilines is 1. The first-order chi connectivity index (χ1) is 9.56. The summed E-state index contributed by atoms with van der Waals surface area (Å²) in [6.07, 6.45) is 0.0531. The molecule has 1 saturated heterocycles. The lowest BCUT2D eigenvalue weighted by molar-refractivity contribution is -0.141. The summed E-state index contributed by atoms with van der Waals surface area (Å²) in [4.78, 5) is 29.1. The van der Waals surface area contributed by atoms with Crippen LogP contribution in [0, 0.1) is 12.8 Å². The van der Waals surface area contributed by atoms with Crippen LogP contribution in [0.15, 0.2) is 30.3 Å². The number of nitrogens with zero attached hydrogens (tertiary/aromatic N) is 2. The maximum atomic E-state index is 12.1. The van der Waals surface area contributed by atoms with Gasteiger partial charge in [0, 0.05) is 24.0 Å². The molecule has 0 radical (unpaired) electrons. The third-order valence-electron chi connectivity index (χ3n) is 3.60. The molecule has 1 aliphatic heterocycles. The summed E-state index contributed by atoms with van der Waals surface area (Å²) in [5.74, 6) is -1.72. The number of carboxylic acid groups (broad SMARTS) is 1. The van der Waals surface area contributed by atoms with Crippen molar-refractivity contribution in [2.24, 2.45) is 5.92 Å². The highest BCUT2D eigenvalue weighted by molar-refractivity contribution is 6.05. The molecule has 0 spiro atoms. The summed E-state index contributed by atoms with van der Waals surface area (Å²) in [5, 5.41) is 10.0. The van der Waals surface area contributed by atoms with E-state index < -0.39 is 11.9 Å². The number of carbonyl (C=O) groups is 2. The van der Waals surface area contributed by atoms with E-state index in [1.165, 1.54) is 4.90 Å². The van der Waals surface area contributed by atoms with E-state index in [2.05, 4.69) is 4.98 Å². The number of rotatable bonds is 2. The van der Waals surface area contributed by atoms with Gasteiger partial charge in [-0.3, -0.25) is 14.6 Å². The van der Waals surface area contributed by atoms with Gasteiger partial charge in [0.15, 0.2) is 0 Å². The molecule has 2 heterocycles. The molecule has 1 amide bonds. The Kier molecular flexibility index (Phi) is 2.89. The van der Waals surface area contributed by atoms with Gasteiger partial charge in [-0.2, -0.15) is 0 Å². The number of carboxylic acids is 1. The molecule has 5 nitrogen and oxygen atoms in total. The molecule has 1 aliphatic rings. The maximum absolute atomic E-state index is 12.1. The second-order valence-corrected chi connectivity index (χ2v) is 5.05. The van der Waals surface area contributed by atoms with Crippen LogP contribution < -0.4 is 4.90 Å². The van der Waals surface area contributed by atoms with E-state index in [-0.39, 0.29) is 18.9 Å². The van der Waals surface area contributed by atoms with E-state index >= 15 is 0 Å². The van der Waals surface area contributed by atoms with Gasteiger partial charge in [0.1, 0.15) is 0 Å². The Hall–Kier alpha value is -2.43. The van der Waals surface area contributed by atoms with Gasteiger partial charge in [-0.1, -0.05) is 18.2 Å². The number of aromatic nitrogens is 1. The molecule has 0 saturated carbocycles. The van der Waals surface area contributed by atoms with Crippen molar-refractivity contribution < 1.29 is 14.7 Å². The largest absolute Gasteiger partial charge is 0.481 e. The highest BCUT2D eigenvalue weighted by atomic mass is 16.4. The average Bonchev–Trinajstić information content (AvgIpc) is 2.80. The van der Waals surface area contributed by atoms with Gasteiger partial charge >= 0.3 is 5.97 Å². The first-order valence-corrected chi connectivity index (χ1v) is 6.46.